The minimum Gasteiger partial charge on any atom is -0.315 e. The summed E-state index contributed by atoms with van der Waals surface area (Å²) < 4.78 is 24.6. The molecular weight excluding hydrogens is 210 g/mol. The van der Waals surface area contributed by atoms with E-state index in [0.29, 0.717) is 6.54 Å². The second-order valence-corrected chi connectivity index (χ2v) is 7.33. The van der Waals surface area contributed by atoms with Crippen LogP contribution in [0.1, 0.15) is 44.9 Å². The zero-order valence-corrected chi connectivity index (χ0v) is 10.1. The van der Waals surface area contributed by atoms with Crippen molar-refractivity contribution in [2.24, 2.45) is 0 Å². The van der Waals surface area contributed by atoms with E-state index < -0.39 is 9.84 Å². The van der Waals surface area contributed by atoms with E-state index >= 15 is 0 Å². The first-order valence-electron chi connectivity index (χ1n) is 6.14. The van der Waals surface area contributed by atoms with Gasteiger partial charge < -0.3 is 5.32 Å². The highest BCUT2D eigenvalue weighted by Gasteiger charge is 2.35. The Hall–Kier alpha value is -0.0900. The first-order valence-corrected chi connectivity index (χ1v) is 7.75. The van der Waals surface area contributed by atoms with Crippen LogP contribution in [0.3, 0.4) is 0 Å². The lowest BCUT2D eigenvalue weighted by molar-refractivity contribution is 0.551. The lowest BCUT2D eigenvalue weighted by atomic mass is 10.2. The molecule has 1 heterocycles. The van der Waals surface area contributed by atoms with Gasteiger partial charge in [-0.15, -0.1) is 0 Å². The minimum atomic E-state index is -2.85. The van der Waals surface area contributed by atoms with Crippen molar-refractivity contribution in [3.63, 3.8) is 0 Å². The van der Waals surface area contributed by atoms with Gasteiger partial charge in [0.1, 0.15) is 0 Å². The molecule has 88 valence electrons. The van der Waals surface area contributed by atoms with Crippen LogP contribution < -0.4 is 5.32 Å². The van der Waals surface area contributed by atoms with Gasteiger partial charge in [-0.05, 0) is 32.2 Å². The van der Waals surface area contributed by atoms with Crippen LogP contribution in [0.15, 0.2) is 0 Å². The number of hydrogen-bond donors (Lipinski definition) is 1. The molecule has 1 aliphatic heterocycles. The summed E-state index contributed by atoms with van der Waals surface area (Å²) in [5, 5.41) is 3.11. The van der Waals surface area contributed by atoms with Crippen LogP contribution in [-0.4, -0.2) is 32.0 Å². The first kappa shape index (κ1) is 11.4. The van der Waals surface area contributed by atoms with Crippen molar-refractivity contribution >= 4 is 9.84 Å². The molecule has 1 unspecified atom stereocenters. The average Bonchev–Trinajstić information content (AvgIpc) is 2.61. The topological polar surface area (TPSA) is 46.2 Å². The maximum Gasteiger partial charge on any atom is 0.157 e. The fourth-order valence-electron chi connectivity index (χ4n) is 2.76. The van der Waals surface area contributed by atoms with Crippen molar-refractivity contribution in [2.75, 3.05) is 13.1 Å². The molecule has 2 rings (SSSR count). The van der Waals surface area contributed by atoms with E-state index in [1.807, 2.05) is 0 Å². The minimum absolute atomic E-state index is 0.0256. The Balaban J connectivity index is 2.05. The molecule has 1 aliphatic carbocycles. The third kappa shape index (κ3) is 2.53. The fraction of sp³-hybridized carbons (Fsp3) is 1.00. The molecular formula is C11H21NO2S. The van der Waals surface area contributed by atoms with Gasteiger partial charge in [0.05, 0.1) is 10.5 Å². The van der Waals surface area contributed by atoms with Crippen molar-refractivity contribution in [2.45, 2.75) is 55.4 Å². The zero-order chi connectivity index (χ0) is 10.7. The Labute approximate surface area is 92.6 Å². The molecule has 2 fully saturated rings. The highest BCUT2D eigenvalue weighted by molar-refractivity contribution is 7.92. The lowest BCUT2D eigenvalue weighted by Crippen LogP contribution is -2.37. The highest BCUT2D eigenvalue weighted by Crippen LogP contribution is 2.29. The molecule has 0 aromatic rings. The molecule has 1 atom stereocenters. The Morgan fingerprint density at radius 3 is 2.20 bits per heavy atom. The molecule has 0 radical (unpaired) electrons. The normalized spacial score (nSPS) is 30.3. The zero-order valence-electron chi connectivity index (χ0n) is 9.24. The molecule has 3 nitrogen and oxygen atoms in total. The highest BCUT2D eigenvalue weighted by atomic mass is 32.2. The van der Waals surface area contributed by atoms with Crippen LogP contribution in [-0.2, 0) is 9.84 Å². The van der Waals surface area contributed by atoms with Crippen LogP contribution in [0.2, 0.25) is 0 Å². The second kappa shape index (κ2) is 4.83. The Bertz CT molecular complexity index is 286. The summed E-state index contributed by atoms with van der Waals surface area (Å²) in [4.78, 5) is 0. The molecule has 0 aromatic heterocycles. The molecule has 0 spiro atoms. The van der Waals surface area contributed by atoms with Crippen LogP contribution in [0.25, 0.3) is 0 Å². The van der Waals surface area contributed by atoms with Crippen LogP contribution in [0.4, 0.5) is 0 Å². The van der Waals surface area contributed by atoms with Gasteiger partial charge in [-0.3, -0.25) is 0 Å². The molecule has 0 bridgehead atoms. The van der Waals surface area contributed by atoms with E-state index in [9.17, 15) is 8.42 Å². The number of rotatable bonds is 2. The molecule has 1 saturated heterocycles. The molecule has 0 amide bonds. The van der Waals surface area contributed by atoms with Crippen molar-refractivity contribution < 1.29 is 8.42 Å². The summed E-state index contributed by atoms with van der Waals surface area (Å²) in [5.41, 5.74) is 0. The molecule has 1 saturated carbocycles. The molecule has 1 N–H and O–H groups in total. The summed E-state index contributed by atoms with van der Waals surface area (Å²) in [6.45, 7) is 1.66. The smallest absolute Gasteiger partial charge is 0.157 e. The Morgan fingerprint density at radius 2 is 1.47 bits per heavy atom. The largest absolute Gasteiger partial charge is 0.315 e. The van der Waals surface area contributed by atoms with Gasteiger partial charge in [-0.1, -0.05) is 19.3 Å². The third-order valence-electron chi connectivity index (χ3n) is 3.73. The van der Waals surface area contributed by atoms with Gasteiger partial charge in [0, 0.05) is 6.54 Å². The fourth-order valence-corrected chi connectivity index (χ4v) is 5.14. The molecule has 2 aliphatic rings. The van der Waals surface area contributed by atoms with E-state index in [2.05, 4.69) is 5.32 Å². The summed E-state index contributed by atoms with van der Waals surface area (Å²) in [6.07, 6.45) is 7.05. The summed E-state index contributed by atoms with van der Waals surface area (Å²) in [7, 11) is -2.85. The maximum atomic E-state index is 12.3. The van der Waals surface area contributed by atoms with Crippen LogP contribution in [0.5, 0.6) is 0 Å². The summed E-state index contributed by atoms with van der Waals surface area (Å²) >= 11 is 0. The van der Waals surface area contributed by atoms with Gasteiger partial charge in [0.25, 0.3) is 0 Å². The number of sulfone groups is 1. The van der Waals surface area contributed by atoms with E-state index in [-0.39, 0.29) is 10.5 Å². The summed E-state index contributed by atoms with van der Waals surface area (Å²) in [6, 6.07) is 0. The van der Waals surface area contributed by atoms with Gasteiger partial charge in [-0.2, -0.15) is 0 Å². The third-order valence-corrected chi connectivity index (χ3v) is 6.47. The van der Waals surface area contributed by atoms with Crippen molar-refractivity contribution in [3.8, 4) is 0 Å². The van der Waals surface area contributed by atoms with E-state index in [4.69, 9.17) is 0 Å². The van der Waals surface area contributed by atoms with Gasteiger partial charge in [0.2, 0.25) is 0 Å². The predicted octanol–water partition coefficient (Wildman–Crippen LogP) is 1.49. The number of hydrogen-bond acceptors (Lipinski definition) is 3. The Morgan fingerprint density at radius 1 is 0.867 bits per heavy atom. The predicted molar refractivity (Wildman–Crippen MR) is 61.7 cm³/mol. The lowest BCUT2D eigenvalue weighted by Gasteiger charge is -2.19. The van der Waals surface area contributed by atoms with Gasteiger partial charge >= 0.3 is 0 Å². The van der Waals surface area contributed by atoms with E-state index in [1.54, 1.807) is 0 Å². The molecule has 15 heavy (non-hydrogen) atoms. The Kier molecular flexibility index (Phi) is 3.67. The van der Waals surface area contributed by atoms with Crippen LogP contribution in [0, 0.1) is 0 Å². The first-order chi connectivity index (χ1) is 7.21. The number of nitrogens with one attached hydrogen (secondary N) is 1. The van der Waals surface area contributed by atoms with Gasteiger partial charge in [-0.25, -0.2) is 8.42 Å². The maximum absolute atomic E-state index is 12.3. The standard InChI is InChI=1S/C11H21NO2S/c13-15(14,10-5-1-2-6-10)11-7-3-4-8-12-9-11/h10-12H,1-9H2. The van der Waals surface area contributed by atoms with E-state index in [0.717, 1.165) is 51.5 Å². The molecule has 4 heteroatoms. The SMILES string of the molecule is O=S(=O)(C1CCCC1)C1CCCCNC1. The average molecular weight is 231 g/mol. The van der Waals surface area contributed by atoms with Crippen molar-refractivity contribution in [1.29, 1.82) is 0 Å². The summed E-state index contributed by atoms with van der Waals surface area (Å²) in [5.74, 6) is 0. The molecule has 0 aromatic carbocycles. The van der Waals surface area contributed by atoms with Crippen LogP contribution >= 0.6 is 0 Å². The van der Waals surface area contributed by atoms with Crippen molar-refractivity contribution in [1.82, 2.24) is 5.32 Å². The van der Waals surface area contributed by atoms with E-state index in [1.165, 1.54) is 0 Å². The quantitative estimate of drug-likeness (QED) is 0.783. The van der Waals surface area contributed by atoms with Gasteiger partial charge in [0.15, 0.2) is 9.84 Å². The monoisotopic (exact) mass is 231 g/mol. The van der Waals surface area contributed by atoms with Crippen molar-refractivity contribution in [3.05, 3.63) is 0 Å². The second-order valence-electron chi connectivity index (χ2n) is 4.82.